The molecule has 0 spiro atoms. The predicted molar refractivity (Wildman–Crippen MR) is 84.2 cm³/mol. The Labute approximate surface area is 125 Å². The molecule has 1 aliphatic rings. The van der Waals surface area contributed by atoms with Gasteiger partial charge in [-0.3, -0.25) is 0 Å². The lowest BCUT2D eigenvalue weighted by Crippen LogP contribution is -1.97. The van der Waals surface area contributed by atoms with Crippen LogP contribution < -0.4 is 15.2 Å². The zero-order valence-electron chi connectivity index (χ0n) is 11.6. The van der Waals surface area contributed by atoms with E-state index >= 15 is 0 Å². The molecule has 1 aliphatic heterocycles. The molecule has 3 aromatic rings. The summed E-state index contributed by atoms with van der Waals surface area (Å²) in [6, 6.07) is 5.86. The third kappa shape index (κ3) is 2.12. The van der Waals surface area contributed by atoms with E-state index in [2.05, 4.69) is 9.97 Å². The average molecular weight is 301 g/mol. The monoisotopic (exact) mass is 301 g/mol. The minimum absolute atomic E-state index is 0.677. The van der Waals surface area contributed by atoms with E-state index in [1.807, 2.05) is 25.1 Å². The molecule has 21 heavy (non-hydrogen) atoms. The number of anilines is 1. The fraction of sp³-hybridized carbons (Fsp3) is 0.267. The van der Waals surface area contributed by atoms with Gasteiger partial charge in [0.05, 0.1) is 34.1 Å². The summed E-state index contributed by atoms with van der Waals surface area (Å²) in [5, 5.41) is 0.797. The van der Waals surface area contributed by atoms with Crippen LogP contribution in [0.15, 0.2) is 18.2 Å². The number of aryl methyl sites for hydroxylation is 1. The predicted octanol–water partition coefficient (Wildman–Crippen LogP) is 3.34. The lowest BCUT2D eigenvalue weighted by atomic mass is 10.3. The number of hydrogen-bond acceptors (Lipinski definition) is 5. The van der Waals surface area contributed by atoms with Gasteiger partial charge in [0.2, 0.25) is 0 Å². The van der Waals surface area contributed by atoms with Gasteiger partial charge in [0.1, 0.15) is 5.82 Å². The summed E-state index contributed by atoms with van der Waals surface area (Å²) in [6.45, 7) is 3.40. The molecule has 0 saturated heterocycles. The van der Waals surface area contributed by atoms with E-state index in [1.54, 1.807) is 0 Å². The van der Waals surface area contributed by atoms with Crippen molar-refractivity contribution >= 4 is 27.4 Å². The fourth-order valence-electron chi connectivity index (χ4n) is 2.52. The molecule has 4 rings (SSSR count). The molecule has 0 radical (unpaired) electrons. The summed E-state index contributed by atoms with van der Waals surface area (Å²) in [6.07, 6.45) is 0.898. The molecular formula is C15H15N3O2S. The number of thiophene rings is 1. The zero-order chi connectivity index (χ0) is 14.4. The standard InChI is InChI=1S/C15H15N3O2S/c1-8-5-13(16)21-14(8)15-17-9-6-11-12(7-10(9)18-15)20-4-2-3-19-11/h5-7H,2-4,16H2,1H3,(H,17,18). The van der Waals surface area contributed by atoms with Crippen LogP contribution in [0.4, 0.5) is 5.00 Å². The number of nitrogens with two attached hydrogens (primary N) is 1. The van der Waals surface area contributed by atoms with Gasteiger partial charge < -0.3 is 20.2 Å². The molecule has 0 saturated carbocycles. The van der Waals surface area contributed by atoms with E-state index in [4.69, 9.17) is 15.2 Å². The number of hydrogen-bond donors (Lipinski definition) is 2. The molecule has 108 valence electrons. The Balaban J connectivity index is 1.85. The smallest absolute Gasteiger partial charge is 0.163 e. The van der Waals surface area contributed by atoms with Gasteiger partial charge in [-0.05, 0) is 18.6 Å². The number of fused-ring (bicyclic) bond motifs is 2. The highest BCUT2D eigenvalue weighted by molar-refractivity contribution is 7.19. The second kappa shape index (κ2) is 4.66. The van der Waals surface area contributed by atoms with Crippen molar-refractivity contribution in [3.8, 4) is 22.2 Å². The Morgan fingerprint density at radius 2 is 1.95 bits per heavy atom. The Morgan fingerprint density at radius 1 is 1.19 bits per heavy atom. The van der Waals surface area contributed by atoms with E-state index < -0.39 is 0 Å². The molecule has 0 amide bonds. The van der Waals surface area contributed by atoms with E-state index in [9.17, 15) is 0 Å². The van der Waals surface area contributed by atoms with Crippen molar-refractivity contribution in [3.05, 3.63) is 23.8 Å². The van der Waals surface area contributed by atoms with Crippen LogP contribution in [0, 0.1) is 6.92 Å². The van der Waals surface area contributed by atoms with Crippen molar-refractivity contribution in [2.45, 2.75) is 13.3 Å². The maximum Gasteiger partial charge on any atom is 0.163 e. The highest BCUT2D eigenvalue weighted by Crippen LogP contribution is 2.37. The fourth-order valence-corrected chi connectivity index (χ4v) is 3.40. The Kier molecular flexibility index (Phi) is 2.78. The topological polar surface area (TPSA) is 73.2 Å². The largest absolute Gasteiger partial charge is 0.489 e. The number of ether oxygens (including phenoxy) is 2. The van der Waals surface area contributed by atoms with Gasteiger partial charge >= 0.3 is 0 Å². The maximum absolute atomic E-state index is 5.86. The number of H-pyrrole nitrogens is 1. The van der Waals surface area contributed by atoms with Crippen LogP contribution in [0.5, 0.6) is 11.5 Å². The quantitative estimate of drug-likeness (QED) is 0.723. The van der Waals surface area contributed by atoms with Gasteiger partial charge in [-0.1, -0.05) is 0 Å². The lowest BCUT2D eigenvalue weighted by molar-refractivity contribution is 0.297. The highest BCUT2D eigenvalue weighted by Gasteiger charge is 2.16. The van der Waals surface area contributed by atoms with Crippen LogP contribution in [-0.4, -0.2) is 23.2 Å². The number of aromatic nitrogens is 2. The normalized spacial score (nSPS) is 14.3. The van der Waals surface area contributed by atoms with Gasteiger partial charge in [-0.2, -0.15) is 0 Å². The maximum atomic E-state index is 5.86. The summed E-state index contributed by atoms with van der Waals surface area (Å²) in [7, 11) is 0. The number of benzene rings is 1. The SMILES string of the molecule is Cc1cc(N)sc1-c1nc2cc3c(cc2[nH]1)OCCCO3. The van der Waals surface area contributed by atoms with Gasteiger partial charge in [0, 0.05) is 18.6 Å². The Hall–Kier alpha value is -2.21. The zero-order valence-corrected chi connectivity index (χ0v) is 12.4. The summed E-state index contributed by atoms with van der Waals surface area (Å²) in [5.41, 5.74) is 8.82. The van der Waals surface area contributed by atoms with Crippen molar-refractivity contribution in [3.63, 3.8) is 0 Å². The van der Waals surface area contributed by atoms with Gasteiger partial charge in [0.15, 0.2) is 11.5 Å². The number of nitrogens with zero attached hydrogens (tertiary/aromatic N) is 1. The molecule has 0 aliphatic carbocycles. The Bertz CT molecular complexity index is 779. The number of aromatic amines is 1. The number of nitrogens with one attached hydrogen (secondary N) is 1. The number of rotatable bonds is 1. The summed E-state index contributed by atoms with van der Waals surface area (Å²) in [4.78, 5) is 9.07. The third-order valence-electron chi connectivity index (χ3n) is 3.50. The molecule has 0 fully saturated rings. The van der Waals surface area contributed by atoms with E-state index in [1.165, 1.54) is 11.3 Å². The molecule has 0 atom stereocenters. The van der Waals surface area contributed by atoms with Crippen LogP contribution in [0.2, 0.25) is 0 Å². The highest BCUT2D eigenvalue weighted by atomic mass is 32.1. The molecule has 0 bridgehead atoms. The number of nitrogen functional groups attached to an aromatic ring is 1. The second-order valence-electron chi connectivity index (χ2n) is 5.11. The second-order valence-corrected chi connectivity index (χ2v) is 6.20. The summed E-state index contributed by atoms with van der Waals surface area (Å²) >= 11 is 1.54. The van der Waals surface area contributed by atoms with Crippen LogP contribution in [0.1, 0.15) is 12.0 Å². The first-order chi connectivity index (χ1) is 10.2. The van der Waals surface area contributed by atoms with E-state index in [0.29, 0.717) is 13.2 Å². The molecule has 0 unspecified atom stereocenters. The first kappa shape index (κ1) is 12.5. The molecule has 1 aromatic carbocycles. The van der Waals surface area contributed by atoms with Crippen LogP contribution in [0.3, 0.4) is 0 Å². The van der Waals surface area contributed by atoms with E-state index in [0.717, 1.165) is 50.2 Å². The third-order valence-corrected chi connectivity index (χ3v) is 4.58. The van der Waals surface area contributed by atoms with Crippen molar-refractivity contribution in [2.24, 2.45) is 0 Å². The van der Waals surface area contributed by atoms with Crippen LogP contribution in [-0.2, 0) is 0 Å². The summed E-state index contributed by atoms with van der Waals surface area (Å²) < 4.78 is 11.4. The number of imidazole rings is 1. The van der Waals surface area contributed by atoms with Gasteiger partial charge in [-0.25, -0.2) is 4.98 Å². The molecule has 5 nitrogen and oxygen atoms in total. The molecule has 3 N–H and O–H groups in total. The van der Waals surface area contributed by atoms with Crippen LogP contribution >= 0.6 is 11.3 Å². The molecule has 6 heteroatoms. The minimum Gasteiger partial charge on any atom is -0.489 e. The molecule has 3 heterocycles. The van der Waals surface area contributed by atoms with Gasteiger partial charge in [-0.15, -0.1) is 11.3 Å². The molecule has 2 aromatic heterocycles. The van der Waals surface area contributed by atoms with Crippen molar-refractivity contribution < 1.29 is 9.47 Å². The minimum atomic E-state index is 0.677. The lowest BCUT2D eigenvalue weighted by Gasteiger charge is -2.05. The van der Waals surface area contributed by atoms with Crippen molar-refractivity contribution in [1.82, 2.24) is 9.97 Å². The molecular weight excluding hydrogens is 286 g/mol. The van der Waals surface area contributed by atoms with Crippen molar-refractivity contribution in [2.75, 3.05) is 18.9 Å². The van der Waals surface area contributed by atoms with E-state index in [-0.39, 0.29) is 0 Å². The summed E-state index contributed by atoms with van der Waals surface area (Å²) in [5.74, 6) is 2.38. The average Bonchev–Trinajstić information content (AvgIpc) is 2.91. The van der Waals surface area contributed by atoms with Crippen LogP contribution in [0.25, 0.3) is 21.7 Å². The Morgan fingerprint density at radius 3 is 2.67 bits per heavy atom. The van der Waals surface area contributed by atoms with Gasteiger partial charge in [0.25, 0.3) is 0 Å². The first-order valence-corrected chi connectivity index (χ1v) is 7.68. The van der Waals surface area contributed by atoms with Crippen molar-refractivity contribution in [1.29, 1.82) is 0 Å². The first-order valence-electron chi connectivity index (χ1n) is 6.86.